The molecular weight excluding hydrogens is 392 g/mol. The SMILES string of the molecule is COCOC1(OCOC)CC[C@@]2(C)C(=CC=C3[C@@H]4CC[C@H](C(C)C=O)[C@@]4(C)CC[C@@H]32)C1. The Labute approximate surface area is 187 Å². The Kier molecular flexibility index (Phi) is 6.53. The van der Waals surface area contributed by atoms with Gasteiger partial charge in [0.2, 0.25) is 0 Å². The predicted molar refractivity (Wildman–Crippen MR) is 119 cm³/mol. The van der Waals surface area contributed by atoms with Crippen molar-refractivity contribution in [1.82, 2.24) is 0 Å². The highest BCUT2D eigenvalue weighted by Crippen LogP contribution is 2.66. The van der Waals surface area contributed by atoms with Crippen LogP contribution in [0.25, 0.3) is 0 Å². The van der Waals surface area contributed by atoms with Gasteiger partial charge < -0.3 is 23.7 Å². The molecule has 0 amide bonds. The first-order chi connectivity index (χ1) is 14.8. The normalized spacial score (nSPS) is 39.6. The van der Waals surface area contributed by atoms with Crippen LogP contribution < -0.4 is 0 Å². The van der Waals surface area contributed by atoms with E-state index in [0.717, 1.165) is 19.3 Å². The van der Waals surface area contributed by atoms with Crippen LogP contribution in [-0.4, -0.2) is 39.9 Å². The minimum absolute atomic E-state index is 0.149. The van der Waals surface area contributed by atoms with Crippen LogP contribution in [-0.2, 0) is 23.7 Å². The van der Waals surface area contributed by atoms with Gasteiger partial charge in [-0.05, 0) is 60.7 Å². The fourth-order valence-corrected chi connectivity index (χ4v) is 7.57. The van der Waals surface area contributed by atoms with Crippen molar-refractivity contribution >= 4 is 6.29 Å². The zero-order chi connectivity index (χ0) is 22.3. The molecule has 3 fully saturated rings. The van der Waals surface area contributed by atoms with E-state index < -0.39 is 5.79 Å². The van der Waals surface area contributed by atoms with E-state index in [4.69, 9.17) is 18.9 Å². The second-order valence-electron chi connectivity index (χ2n) is 10.8. The third-order valence-corrected chi connectivity index (χ3v) is 9.38. The van der Waals surface area contributed by atoms with Crippen LogP contribution in [0, 0.1) is 34.5 Å². The monoisotopic (exact) mass is 432 g/mol. The third-order valence-electron chi connectivity index (χ3n) is 9.38. The molecule has 0 spiro atoms. The van der Waals surface area contributed by atoms with Gasteiger partial charge in [-0.3, -0.25) is 0 Å². The number of fused-ring (bicyclic) bond motifs is 5. The van der Waals surface area contributed by atoms with Crippen molar-refractivity contribution in [2.24, 2.45) is 34.5 Å². The van der Waals surface area contributed by atoms with Crippen molar-refractivity contribution in [1.29, 1.82) is 0 Å². The molecule has 0 radical (unpaired) electrons. The summed E-state index contributed by atoms with van der Waals surface area (Å²) in [4.78, 5) is 11.6. The number of carbonyl (C=O) groups is 1. The molecule has 4 rings (SSSR count). The zero-order valence-corrected chi connectivity index (χ0v) is 19.9. The maximum atomic E-state index is 11.6. The molecule has 0 aromatic heterocycles. The average Bonchev–Trinajstić information content (AvgIpc) is 3.13. The summed E-state index contributed by atoms with van der Waals surface area (Å²) in [6.07, 6.45) is 13.4. The Morgan fingerprint density at radius 2 is 1.71 bits per heavy atom. The fraction of sp³-hybridized carbons (Fsp3) is 0.808. The van der Waals surface area contributed by atoms with E-state index in [1.807, 2.05) is 0 Å². The number of allylic oxidation sites excluding steroid dienone is 3. The molecule has 0 saturated heterocycles. The Bertz CT molecular complexity index is 734. The summed E-state index contributed by atoms with van der Waals surface area (Å²) in [7, 11) is 3.29. The van der Waals surface area contributed by atoms with Gasteiger partial charge in [0.05, 0.1) is 0 Å². The first kappa shape index (κ1) is 23.2. The van der Waals surface area contributed by atoms with Crippen molar-refractivity contribution in [2.75, 3.05) is 27.8 Å². The molecule has 0 aromatic carbocycles. The Balaban J connectivity index is 1.62. The topological polar surface area (TPSA) is 54.0 Å². The van der Waals surface area contributed by atoms with E-state index in [0.29, 0.717) is 17.8 Å². The molecular formula is C26H40O5. The Hall–Kier alpha value is -1.01. The quantitative estimate of drug-likeness (QED) is 0.387. The van der Waals surface area contributed by atoms with Crippen molar-refractivity contribution in [3.63, 3.8) is 0 Å². The van der Waals surface area contributed by atoms with Crippen LogP contribution >= 0.6 is 0 Å². The van der Waals surface area contributed by atoms with E-state index in [2.05, 4.69) is 32.9 Å². The molecule has 0 aromatic rings. The lowest BCUT2D eigenvalue weighted by atomic mass is 9.50. The summed E-state index contributed by atoms with van der Waals surface area (Å²) in [5.74, 6) is 1.18. The number of rotatable bonds is 8. The van der Waals surface area contributed by atoms with Crippen LogP contribution in [0.5, 0.6) is 0 Å². The first-order valence-corrected chi connectivity index (χ1v) is 12.0. The average molecular weight is 433 g/mol. The molecule has 31 heavy (non-hydrogen) atoms. The van der Waals surface area contributed by atoms with Crippen molar-refractivity contribution < 1.29 is 23.7 Å². The first-order valence-electron chi connectivity index (χ1n) is 12.0. The Morgan fingerprint density at radius 3 is 2.35 bits per heavy atom. The maximum absolute atomic E-state index is 11.6. The highest BCUT2D eigenvalue weighted by atomic mass is 16.8. The molecule has 0 N–H and O–H groups in total. The Morgan fingerprint density at radius 1 is 1.00 bits per heavy atom. The highest BCUT2D eigenvalue weighted by Gasteiger charge is 2.58. The lowest BCUT2D eigenvalue weighted by molar-refractivity contribution is -0.304. The van der Waals surface area contributed by atoms with E-state index in [1.54, 1.807) is 19.8 Å². The molecule has 5 heteroatoms. The second kappa shape index (κ2) is 8.74. The number of aldehydes is 1. The van der Waals surface area contributed by atoms with Crippen LogP contribution in [0.1, 0.15) is 65.7 Å². The molecule has 0 bridgehead atoms. The largest absolute Gasteiger partial charge is 0.359 e. The molecule has 0 aliphatic heterocycles. The summed E-state index contributed by atoms with van der Waals surface area (Å²) >= 11 is 0. The van der Waals surface area contributed by atoms with Gasteiger partial charge in [0.25, 0.3) is 0 Å². The van der Waals surface area contributed by atoms with Gasteiger partial charge in [-0.2, -0.15) is 0 Å². The maximum Gasteiger partial charge on any atom is 0.177 e. The smallest absolute Gasteiger partial charge is 0.177 e. The number of hydrogen-bond donors (Lipinski definition) is 0. The molecule has 0 heterocycles. The zero-order valence-electron chi connectivity index (χ0n) is 19.9. The third kappa shape index (κ3) is 3.76. The van der Waals surface area contributed by atoms with Gasteiger partial charge in [0, 0.05) is 33.0 Å². The summed E-state index contributed by atoms with van der Waals surface area (Å²) in [5.41, 5.74) is 3.48. The van der Waals surface area contributed by atoms with Gasteiger partial charge in [-0.15, -0.1) is 0 Å². The lowest BCUT2D eigenvalue weighted by Crippen LogP contribution is -2.50. The highest BCUT2D eigenvalue weighted by molar-refractivity contribution is 5.54. The molecule has 5 nitrogen and oxygen atoms in total. The van der Waals surface area contributed by atoms with E-state index in [9.17, 15) is 4.79 Å². The van der Waals surface area contributed by atoms with Crippen LogP contribution in [0.4, 0.5) is 0 Å². The molecule has 1 unspecified atom stereocenters. The van der Waals surface area contributed by atoms with Crippen molar-refractivity contribution in [3.05, 3.63) is 23.3 Å². The second-order valence-corrected chi connectivity index (χ2v) is 10.8. The number of carbonyl (C=O) groups excluding carboxylic acids is 1. The van der Waals surface area contributed by atoms with Crippen molar-refractivity contribution in [2.45, 2.75) is 71.5 Å². The van der Waals surface area contributed by atoms with E-state index in [1.165, 1.54) is 37.5 Å². The summed E-state index contributed by atoms with van der Waals surface area (Å²) in [6, 6.07) is 0. The molecule has 6 atom stereocenters. The van der Waals surface area contributed by atoms with Gasteiger partial charge in [0.1, 0.15) is 19.9 Å². The molecule has 4 aliphatic rings. The van der Waals surface area contributed by atoms with Crippen LogP contribution in [0.3, 0.4) is 0 Å². The predicted octanol–water partition coefficient (Wildman–Crippen LogP) is 5.26. The standard InChI is InChI=1S/C26H40O5/c1-18(15-27)21-8-9-22-20-7-6-19-14-26(30-16-28-4,31-17-29-5)13-12-24(19,2)23(20)10-11-25(21,22)3/h6-7,15,18,21-23H,8-14,16-17H2,1-5H3/t18?,21-,22+,23+,24+,25-/m1/s1. The van der Waals surface area contributed by atoms with E-state index in [-0.39, 0.29) is 30.3 Å². The van der Waals surface area contributed by atoms with Crippen molar-refractivity contribution in [3.8, 4) is 0 Å². The molecule has 4 aliphatic carbocycles. The van der Waals surface area contributed by atoms with Crippen LogP contribution in [0.2, 0.25) is 0 Å². The van der Waals surface area contributed by atoms with Gasteiger partial charge in [0.15, 0.2) is 5.79 Å². The number of methoxy groups -OCH3 is 2. The lowest BCUT2D eigenvalue weighted by Gasteiger charge is -2.56. The number of ether oxygens (including phenoxy) is 4. The van der Waals surface area contributed by atoms with Gasteiger partial charge >= 0.3 is 0 Å². The molecule has 3 saturated carbocycles. The molecule has 174 valence electrons. The fourth-order valence-electron chi connectivity index (χ4n) is 7.57. The minimum Gasteiger partial charge on any atom is -0.359 e. The minimum atomic E-state index is -0.677. The summed E-state index contributed by atoms with van der Waals surface area (Å²) < 4.78 is 22.5. The van der Waals surface area contributed by atoms with Gasteiger partial charge in [-0.25, -0.2) is 0 Å². The van der Waals surface area contributed by atoms with Gasteiger partial charge in [-0.1, -0.05) is 44.1 Å². The van der Waals surface area contributed by atoms with Crippen LogP contribution in [0.15, 0.2) is 23.3 Å². The number of hydrogen-bond acceptors (Lipinski definition) is 5. The van der Waals surface area contributed by atoms with E-state index >= 15 is 0 Å². The summed E-state index contributed by atoms with van der Waals surface area (Å²) in [6.45, 7) is 7.46. The summed E-state index contributed by atoms with van der Waals surface area (Å²) in [5, 5.41) is 0.